The molecule has 2 N–H and O–H groups in total. The van der Waals surface area contributed by atoms with Gasteiger partial charge in [0.15, 0.2) is 0 Å². The van der Waals surface area contributed by atoms with E-state index in [1.165, 1.54) is 11.8 Å². The standard InChI is InChI=1S/C14H12ClN5S/c1-9-7-12(16)11(15)8-13(9)21-14-17-18-19-20(14)10-5-3-2-4-6-10/h2-8H,16H2,1H3. The topological polar surface area (TPSA) is 69.6 Å². The van der Waals surface area contributed by atoms with E-state index >= 15 is 0 Å². The van der Waals surface area contributed by atoms with Crippen LogP contribution in [-0.4, -0.2) is 20.2 Å². The van der Waals surface area contributed by atoms with Gasteiger partial charge in [-0.2, -0.15) is 4.68 Å². The van der Waals surface area contributed by atoms with Gasteiger partial charge in [0, 0.05) is 4.90 Å². The zero-order chi connectivity index (χ0) is 14.8. The zero-order valence-corrected chi connectivity index (χ0v) is 12.8. The van der Waals surface area contributed by atoms with Crippen molar-refractivity contribution in [1.29, 1.82) is 0 Å². The van der Waals surface area contributed by atoms with Gasteiger partial charge in [-0.05, 0) is 58.9 Å². The summed E-state index contributed by atoms with van der Waals surface area (Å²) >= 11 is 7.54. The van der Waals surface area contributed by atoms with Crippen LogP contribution >= 0.6 is 23.4 Å². The Morgan fingerprint density at radius 2 is 1.95 bits per heavy atom. The fraction of sp³-hybridized carbons (Fsp3) is 0.0714. The highest BCUT2D eigenvalue weighted by Crippen LogP contribution is 2.34. The van der Waals surface area contributed by atoms with Gasteiger partial charge in [-0.1, -0.05) is 29.8 Å². The number of rotatable bonds is 3. The van der Waals surface area contributed by atoms with Gasteiger partial charge in [-0.25, -0.2) is 0 Å². The van der Waals surface area contributed by atoms with Gasteiger partial charge in [0.05, 0.1) is 16.4 Å². The van der Waals surface area contributed by atoms with E-state index < -0.39 is 0 Å². The molecule has 1 aromatic heterocycles. The molecule has 0 aliphatic heterocycles. The van der Waals surface area contributed by atoms with E-state index in [4.69, 9.17) is 17.3 Å². The Hall–Kier alpha value is -2.05. The van der Waals surface area contributed by atoms with Crippen LogP contribution in [0.4, 0.5) is 5.69 Å². The number of nitrogens with zero attached hydrogens (tertiary/aromatic N) is 4. The van der Waals surface area contributed by atoms with Gasteiger partial charge >= 0.3 is 0 Å². The van der Waals surface area contributed by atoms with E-state index in [0.717, 1.165) is 16.1 Å². The first kappa shape index (κ1) is 13.9. The third kappa shape index (κ3) is 2.86. The van der Waals surface area contributed by atoms with Gasteiger partial charge in [0.25, 0.3) is 0 Å². The molecule has 21 heavy (non-hydrogen) atoms. The molecule has 0 bridgehead atoms. The second kappa shape index (κ2) is 5.75. The van der Waals surface area contributed by atoms with Crippen LogP contribution in [0.2, 0.25) is 5.02 Å². The molecule has 0 amide bonds. The molecular weight excluding hydrogens is 306 g/mol. The SMILES string of the molecule is Cc1cc(N)c(Cl)cc1Sc1nnnn1-c1ccccc1. The van der Waals surface area contributed by atoms with Crippen molar-refractivity contribution in [1.82, 2.24) is 20.2 Å². The first-order chi connectivity index (χ1) is 10.1. The van der Waals surface area contributed by atoms with E-state index in [1.807, 2.05) is 49.4 Å². The summed E-state index contributed by atoms with van der Waals surface area (Å²) in [5.41, 5.74) is 8.31. The lowest BCUT2D eigenvalue weighted by atomic mass is 10.2. The van der Waals surface area contributed by atoms with Gasteiger partial charge in [0.1, 0.15) is 0 Å². The van der Waals surface area contributed by atoms with Crippen molar-refractivity contribution < 1.29 is 0 Å². The minimum Gasteiger partial charge on any atom is -0.398 e. The highest BCUT2D eigenvalue weighted by molar-refractivity contribution is 7.99. The molecule has 0 fully saturated rings. The maximum atomic E-state index is 6.09. The molecule has 3 aromatic rings. The average Bonchev–Trinajstić information content (AvgIpc) is 2.94. The van der Waals surface area contributed by atoms with Gasteiger partial charge in [-0.15, -0.1) is 5.10 Å². The van der Waals surface area contributed by atoms with E-state index in [2.05, 4.69) is 15.5 Å². The van der Waals surface area contributed by atoms with E-state index in [1.54, 1.807) is 4.68 Å². The summed E-state index contributed by atoms with van der Waals surface area (Å²) in [4.78, 5) is 0.973. The molecule has 0 aliphatic rings. The van der Waals surface area contributed by atoms with Gasteiger partial charge in [0.2, 0.25) is 5.16 Å². The summed E-state index contributed by atoms with van der Waals surface area (Å²) in [5.74, 6) is 0. The number of tetrazole rings is 1. The average molecular weight is 318 g/mol. The van der Waals surface area contributed by atoms with E-state index in [9.17, 15) is 0 Å². The fourth-order valence-corrected chi connectivity index (χ4v) is 3.00. The number of halogens is 1. The second-order valence-corrected chi connectivity index (χ2v) is 5.87. The summed E-state index contributed by atoms with van der Waals surface area (Å²) in [7, 11) is 0. The molecule has 1 heterocycles. The third-order valence-corrected chi connectivity index (χ3v) is 4.36. The van der Waals surface area contributed by atoms with Crippen LogP contribution in [0.5, 0.6) is 0 Å². The van der Waals surface area contributed by atoms with Crippen molar-refractivity contribution in [2.24, 2.45) is 0 Å². The molecule has 7 heteroatoms. The molecule has 106 valence electrons. The smallest absolute Gasteiger partial charge is 0.218 e. The van der Waals surface area contributed by atoms with Crippen LogP contribution in [0.25, 0.3) is 5.69 Å². The van der Waals surface area contributed by atoms with Crippen molar-refractivity contribution in [3.63, 3.8) is 0 Å². The molecule has 0 saturated carbocycles. The number of anilines is 1. The van der Waals surface area contributed by atoms with Crippen LogP contribution in [0.1, 0.15) is 5.56 Å². The van der Waals surface area contributed by atoms with Crippen molar-refractivity contribution in [2.75, 3.05) is 5.73 Å². The number of hydrogen-bond donors (Lipinski definition) is 1. The minimum absolute atomic E-state index is 0.529. The predicted octanol–water partition coefficient (Wildman–Crippen LogP) is 3.36. The Morgan fingerprint density at radius 1 is 1.19 bits per heavy atom. The number of aromatic nitrogens is 4. The second-order valence-electron chi connectivity index (χ2n) is 4.45. The van der Waals surface area contributed by atoms with Crippen LogP contribution in [0, 0.1) is 6.92 Å². The first-order valence-corrected chi connectivity index (χ1v) is 7.42. The molecule has 0 unspecified atom stereocenters. The number of benzene rings is 2. The summed E-state index contributed by atoms with van der Waals surface area (Å²) in [6, 6.07) is 13.4. The maximum absolute atomic E-state index is 6.09. The van der Waals surface area contributed by atoms with E-state index in [0.29, 0.717) is 15.9 Å². The molecule has 0 saturated heterocycles. The van der Waals surface area contributed by atoms with Crippen LogP contribution in [-0.2, 0) is 0 Å². The quantitative estimate of drug-likeness (QED) is 0.750. The number of hydrogen-bond acceptors (Lipinski definition) is 5. The van der Waals surface area contributed by atoms with Crippen molar-refractivity contribution in [2.45, 2.75) is 17.0 Å². The Labute approximate surface area is 131 Å². The largest absolute Gasteiger partial charge is 0.398 e. The summed E-state index contributed by atoms with van der Waals surface area (Å²) in [6.45, 7) is 1.98. The van der Waals surface area contributed by atoms with Crippen molar-refractivity contribution in [3.8, 4) is 5.69 Å². The normalized spacial score (nSPS) is 10.8. The van der Waals surface area contributed by atoms with Crippen LogP contribution in [0.3, 0.4) is 0 Å². The number of para-hydroxylation sites is 1. The first-order valence-electron chi connectivity index (χ1n) is 6.22. The lowest BCUT2D eigenvalue weighted by molar-refractivity contribution is 0.756. The predicted molar refractivity (Wildman–Crippen MR) is 83.9 cm³/mol. The molecule has 2 aromatic carbocycles. The minimum atomic E-state index is 0.529. The Bertz CT molecular complexity index is 772. The molecule has 0 spiro atoms. The third-order valence-electron chi connectivity index (χ3n) is 2.94. The van der Waals surface area contributed by atoms with Crippen LogP contribution < -0.4 is 5.73 Å². The highest BCUT2D eigenvalue weighted by Gasteiger charge is 2.12. The molecule has 0 aliphatic carbocycles. The number of nitrogen functional groups attached to an aromatic ring is 1. The summed E-state index contributed by atoms with van der Waals surface area (Å²) in [5, 5.41) is 13.1. The van der Waals surface area contributed by atoms with E-state index in [-0.39, 0.29) is 0 Å². The number of nitrogens with two attached hydrogens (primary N) is 1. The van der Waals surface area contributed by atoms with Crippen molar-refractivity contribution >= 4 is 29.1 Å². The highest BCUT2D eigenvalue weighted by atomic mass is 35.5. The zero-order valence-electron chi connectivity index (χ0n) is 11.2. The van der Waals surface area contributed by atoms with Gasteiger partial charge in [-0.3, -0.25) is 0 Å². The maximum Gasteiger partial charge on any atom is 0.218 e. The monoisotopic (exact) mass is 317 g/mol. The Balaban J connectivity index is 1.97. The Morgan fingerprint density at radius 3 is 2.71 bits per heavy atom. The summed E-state index contributed by atoms with van der Waals surface area (Å²) in [6.07, 6.45) is 0. The Kier molecular flexibility index (Phi) is 3.81. The van der Waals surface area contributed by atoms with Gasteiger partial charge < -0.3 is 5.73 Å². The molecular formula is C14H12ClN5S. The molecule has 0 atom stereocenters. The molecule has 3 rings (SSSR count). The lowest BCUT2D eigenvalue weighted by Crippen LogP contribution is -1.98. The molecule has 5 nitrogen and oxygen atoms in total. The number of aryl methyl sites for hydroxylation is 1. The van der Waals surface area contributed by atoms with Crippen LogP contribution in [0.15, 0.2) is 52.5 Å². The summed E-state index contributed by atoms with van der Waals surface area (Å²) < 4.78 is 1.69. The lowest BCUT2D eigenvalue weighted by Gasteiger charge is -2.08. The van der Waals surface area contributed by atoms with Crippen molar-refractivity contribution in [3.05, 3.63) is 53.1 Å². The molecule has 0 radical (unpaired) electrons. The fourth-order valence-electron chi connectivity index (χ4n) is 1.87.